The minimum Gasteiger partial charge on any atom is -0.490 e. The van der Waals surface area contributed by atoms with E-state index >= 15 is 0 Å². The highest BCUT2D eigenvalue weighted by molar-refractivity contribution is 5.53. The Balaban J connectivity index is 1.88. The van der Waals surface area contributed by atoms with Crippen molar-refractivity contribution in [3.63, 3.8) is 0 Å². The fraction of sp³-hybridized carbons (Fsp3) is 0.143. The number of nitrogens with two attached hydrogens (primary N) is 1. The van der Waals surface area contributed by atoms with Crippen LogP contribution in [0, 0.1) is 11.6 Å². The molecule has 0 aliphatic heterocycles. The van der Waals surface area contributed by atoms with Gasteiger partial charge >= 0.3 is 0 Å². The molecule has 0 aliphatic rings. The van der Waals surface area contributed by atoms with Crippen LogP contribution in [0.15, 0.2) is 42.5 Å². The average molecular weight is 265 g/mol. The van der Waals surface area contributed by atoms with Crippen LogP contribution in [0.5, 0.6) is 11.5 Å². The topological polar surface area (TPSA) is 44.5 Å². The van der Waals surface area contributed by atoms with Gasteiger partial charge in [-0.15, -0.1) is 0 Å². The van der Waals surface area contributed by atoms with Crippen LogP contribution in [0.4, 0.5) is 14.5 Å². The Labute approximate surface area is 109 Å². The van der Waals surface area contributed by atoms with Gasteiger partial charge in [0.2, 0.25) is 5.82 Å². The zero-order valence-corrected chi connectivity index (χ0v) is 10.1. The van der Waals surface area contributed by atoms with Crippen molar-refractivity contribution >= 4 is 5.69 Å². The number of anilines is 1. The first-order valence-electron chi connectivity index (χ1n) is 5.72. The Kier molecular flexibility index (Phi) is 4.18. The molecule has 19 heavy (non-hydrogen) atoms. The van der Waals surface area contributed by atoms with Crippen LogP contribution in [0.25, 0.3) is 0 Å². The molecule has 2 rings (SSSR count). The van der Waals surface area contributed by atoms with E-state index in [-0.39, 0.29) is 24.7 Å². The van der Waals surface area contributed by atoms with Crippen LogP contribution in [-0.2, 0) is 0 Å². The van der Waals surface area contributed by atoms with E-state index in [9.17, 15) is 8.78 Å². The molecule has 0 spiro atoms. The number of nitrogen functional groups attached to an aromatic ring is 1. The largest absolute Gasteiger partial charge is 0.490 e. The molecule has 0 saturated carbocycles. The lowest BCUT2D eigenvalue weighted by Crippen LogP contribution is -2.11. The monoisotopic (exact) mass is 265 g/mol. The third kappa shape index (κ3) is 3.34. The Bertz CT molecular complexity index is 547. The number of hydrogen-bond donors (Lipinski definition) is 1. The van der Waals surface area contributed by atoms with Crippen molar-refractivity contribution in [1.82, 2.24) is 0 Å². The van der Waals surface area contributed by atoms with Crippen LogP contribution in [0.3, 0.4) is 0 Å². The van der Waals surface area contributed by atoms with Crippen LogP contribution in [0.1, 0.15) is 0 Å². The molecule has 0 radical (unpaired) electrons. The van der Waals surface area contributed by atoms with E-state index in [0.717, 1.165) is 6.07 Å². The number of benzene rings is 2. The second-order valence-corrected chi connectivity index (χ2v) is 3.79. The fourth-order valence-corrected chi connectivity index (χ4v) is 1.51. The van der Waals surface area contributed by atoms with E-state index in [1.165, 1.54) is 6.07 Å². The van der Waals surface area contributed by atoms with Crippen molar-refractivity contribution < 1.29 is 18.3 Å². The molecule has 0 bridgehead atoms. The smallest absolute Gasteiger partial charge is 0.202 e. The van der Waals surface area contributed by atoms with E-state index in [0.29, 0.717) is 5.75 Å². The summed E-state index contributed by atoms with van der Waals surface area (Å²) in [5.41, 5.74) is 5.57. The molecule has 2 N–H and O–H groups in total. The van der Waals surface area contributed by atoms with Gasteiger partial charge in [-0.1, -0.05) is 18.2 Å². The zero-order valence-electron chi connectivity index (χ0n) is 10.1. The van der Waals surface area contributed by atoms with Crippen molar-refractivity contribution in [3.05, 3.63) is 54.1 Å². The van der Waals surface area contributed by atoms with Gasteiger partial charge in [0.25, 0.3) is 0 Å². The van der Waals surface area contributed by atoms with Gasteiger partial charge in [0.1, 0.15) is 19.0 Å². The van der Waals surface area contributed by atoms with Crippen molar-refractivity contribution in [2.24, 2.45) is 0 Å². The molecule has 2 aromatic carbocycles. The SMILES string of the molecule is Nc1ccc(F)c(F)c1OCCOc1ccccc1. The predicted octanol–water partition coefficient (Wildman–Crippen LogP) is 3.00. The summed E-state index contributed by atoms with van der Waals surface area (Å²) in [6.07, 6.45) is 0. The number of para-hydroxylation sites is 1. The van der Waals surface area contributed by atoms with Gasteiger partial charge in [-0.2, -0.15) is 4.39 Å². The van der Waals surface area contributed by atoms with Crippen LogP contribution in [0.2, 0.25) is 0 Å². The molecule has 0 fully saturated rings. The summed E-state index contributed by atoms with van der Waals surface area (Å²) in [6.45, 7) is 0.277. The summed E-state index contributed by atoms with van der Waals surface area (Å²) in [5, 5.41) is 0. The Morgan fingerprint density at radius 2 is 1.58 bits per heavy atom. The minimum atomic E-state index is -1.08. The first-order valence-corrected chi connectivity index (χ1v) is 5.72. The standard InChI is InChI=1S/C14H13F2NO2/c15-11-6-7-12(17)14(13(11)16)19-9-8-18-10-4-2-1-3-5-10/h1-7H,8-9,17H2. The highest BCUT2D eigenvalue weighted by Gasteiger charge is 2.12. The van der Waals surface area contributed by atoms with E-state index in [4.69, 9.17) is 15.2 Å². The third-order valence-electron chi connectivity index (χ3n) is 2.42. The van der Waals surface area contributed by atoms with Gasteiger partial charge in [0, 0.05) is 0 Å². The molecular formula is C14H13F2NO2. The van der Waals surface area contributed by atoms with Gasteiger partial charge in [-0.3, -0.25) is 0 Å². The average Bonchev–Trinajstić information content (AvgIpc) is 2.43. The van der Waals surface area contributed by atoms with E-state index < -0.39 is 11.6 Å². The van der Waals surface area contributed by atoms with E-state index in [1.54, 1.807) is 12.1 Å². The Hall–Kier alpha value is -2.30. The van der Waals surface area contributed by atoms with Crippen LogP contribution >= 0.6 is 0 Å². The maximum absolute atomic E-state index is 13.4. The second-order valence-electron chi connectivity index (χ2n) is 3.79. The van der Waals surface area contributed by atoms with E-state index in [1.807, 2.05) is 18.2 Å². The molecule has 0 atom stereocenters. The molecule has 0 saturated heterocycles. The number of ether oxygens (including phenoxy) is 2. The van der Waals surface area contributed by atoms with Gasteiger partial charge in [0.15, 0.2) is 11.6 Å². The van der Waals surface area contributed by atoms with Crippen LogP contribution < -0.4 is 15.2 Å². The van der Waals surface area contributed by atoms with Gasteiger partial charge < -0.3 is 15.2 Å². The molecule has 0 amide bonds. The first kappa shape index (κ1) is 13.1. The van der Waals surface area contributed by atoms with Crippen LogP contribution in [-0.4, -0.2) is 13.2 Å². The lowest BCUT2D eigenvalue weighted by Gasteiger charge is -2.11. The highest BCUT2D eigenvalue weighted by atomic mass is 19.2. The molecule has 5 heteroatoms. The molecule has 3 nitrogen and oxygen atoms in total. The highest BCUT2D eigenvalue weighted by Crippen LogP contribution is 2.27. The number of halogens is 2. The summed E-state index contributed by atoms with van der Waals surface area (Å²) in [4.78, 5) is 0. The predicted molar refractivity (Wildman–Crippen MR) is 68.2 cm³/mol. The summed E-state index contributed by atoms with van der Waals surface area (Å²) < 4.78 is 36.8. The van der Waals surface area contributed by atoms with Crippen molar-refractivity contribution in [3.8, 4) is 11.5 Å². The van der Waals surface area contributed by atoms with E-state index in [2.05, 4.69) is 0 Å². The molecule has 0 unspecified atom stereocenters. The van der Waals surface area contributed by atoms with Crippen molar-refractivity contribution in [2.45, 2.75) is 0 Å². The van der Waals surface area contributed by atoms with Gasteiger partial charge in [-0.05, 0) is 24.3 Å². The van der Waals surface area contributed by atoms with Gasteiger partial charge in [0.05, 0.1) is 5.69 Å². The third-order valence-corrected chi connectivity index (χ3v) is 2.42. The maximum atomic E-state index is 13.4. The fourth-order valence-electron chi connectivity index (χ4n) is 1.51. The molecular weight excluding hydrogens is 252 g/mol. The van der Waals surface area contributed by atoms with Crippen molar-refractivity contribution in [2.75, 3.05) is 18.9 Å². The lowest BCUT2D eigenvalue weighted by atomic mass is 10.3. The minimum absolute atomic E-state index is 0.0543. The molecule has 100 valence electrons. The van der Waals surface area contributed by atoms with Gasteiger partial charge in [-0.25, -0.2) is 4.39 Å². The van der Waals surface area contributed by atoms with Crippen molar-refractivity contribution in [1.29, 1.82) is 0 Å². The summed E-state index contributed by atoms with van der Waals surface area (Å²) in [7, 11) is 0. The lowest BCUT2D eigenvalue weighted by molar-refractivity contribution is 0.210. The molecule has 0 aliphatic carbocycles. The Morgan fingerprint density at radius 3 is 2.32 bits per heavy atom. The Morgan fingerprint density at radius 1 is 0.895 bits per heavy atom. The quantitative estimate of drug-likeness (QED) is 0.667. The molecule has 0 aromatic heterocycles. The normalized spacial score (nSPS) is 10.2. The zero-order chi connectivity index (χ0) is 13.7. The maximum Gasteiger partial charge on any atom is 0.202 e. The summed E-state index contributed by atoms with van der Waals surface area (Å²) in [5.74, 6) is -1.68. The number of rotatable bonds is 5. The summed E-state index contributed by atoms with van der Waals surface area (Å²) in [6, 6.07) is 11.3. The summed E-state index contributed by atoms with van der Waals surface area (Å²) >= 11 is 0. The number of hydrogen-bond acceptors (Lipinski definition) is 3. The molecule has 2 aromatic rings. The molecule has 0 heterocycles. The first-order chi connectivity index (χ1) is 9.18. The second kappa shape index (κ2) is 6.04.